The zero-order valence-corrected chi connectivity index (χ0v) is 13.3. The van der Waals surface area contributed by atoms with Gasteiger partial charge in [-0.25, -0.2) is 0 Å². The van der Waals surface area contributed by atoms with E-state index in [0.29, 0.717) is 19.0 Å². The van der Waals surface area contributed by atoms with E-state index in [2.05, 4.69) is 20.8 Å². The zero-order valence-electron chi connectivity index (χ0n) is 11.7. The van der Waals surface area contributed by atoms with E-state index in [4.69, 9.17) is 0 Å². The molecule has 0 spiro atoms. The number of carbonyl (C=O) groups is 1. The summed E-state index contributed by atoms with van der Waals surface area (Å²) in [6.07, 6.45) is 5.47. The minimum atomic E-state index is 0.170. The van der Waals surface area contributed by atoms with Crippen molar-refractivity contribution in [3.05, 3.63) is 34.3 Å². The van der Waals surface area contributed by atoms with Gasteiger partial charge in [0.1, 0.15) is 0 Å². The smallest absolute Gasteiger partial charge is 0.164 e. The lowest BCUT2D eigenvalue weighted by molar-refractivity contribution is 0.0934. The molecule has 1 aliphatic rings. The quantitative estimate of drug-likeness (QED) is 0.775. The van der Waals surface area contributed by atoms with Crippen LogP contribution in [-0.4, -0.2) is 41.5 Å². The topological polar surface area (TPSA) is 40.5 Å². The zero-order chi connectivity index (χ0) is 14.4. The lowest BCUT2D eigenvalue weighted by atomic mass is 10.1. The van der Waals surface area contributed by atoms with E-state index in [-0.39, 0.29) is 12.4 Å². The molecule has 0 unspecified atom stereocenters. The first kappa shape index (κ1) is 15.7. The van der Waals surface area contributed by atoms with Crippen molar-refractivity contribution in [3.8, 4) is 0 Å². The van der Waals surface area contributed by atoms with Gasteiger partial charge in [0.25, 0.3) is 0 Å². The van der Waals surface area contributed by atoms with Crippen molar-refractivity contribution in [3.63, 3.8) is 0 Å². The average Bonchev–Trinajstić information content (AvgIpc) is 2.98. The molecule has 0 saturated heterocycles. The second-order valence-corrected chi connectivity index (χ2v) is 6.29. The van der Waals surface area contributed by atoms with Gasteiger partial charge in [-0.2, -0.15) is 0 Å². The molecule has 0 radical (unpaired) electrons. The fourth-order valence-electron chi connectivity index (χ4n) is 2.90. The molecular formula is C16H22BrNO2. The number of aliphatic hydroxyl groups excluding tert-OH is 1. The molecule has 0 amide bonds. The standard InChI is InChI=1S/C16H22BrNO2/c17-14-7-5-13(6-8-14)16(20)9-10-18(11-12-19)15-3-1-2-4-15/h5-8,15,19H,1-4,9-12H2. The van der Waals surface area contributed by atoms with Gasteiger partial charge in [-0.1, -0.05) is 40.9 Å². The van der Waals surface area contributed by atoms with E-state index >= 15 is 0 Å². The van der Waals surface area contributed by atoms with Crippen LogP contribution in [0.25, 0.3) is 0 Å². The first-order chi connectivity index (χ1) is 9.70. The number of hydrogen-bond donors (Lipinski definition) is 1. The summed E-state index contributed by atoms with van der Waals surface area (Å²) in [5.41, 5.74) is 0.767. The molecule has 3 nitrogen and oxygen atoms in total. The van der Waals surface area contributed by atoms with Crippen LogP contribution in [-0.2, 0) is 0 Å². The Hall–Kier alpha value is -0.710. The van der Waals surface area contributed by atoms with Crippen molar-refractivity contribution in [2.75, 3.05) is 19.7 Å². The minimum absolute atomic E-state index is 0.170. The summed E-state index contributed by atoms with van der Waals surface area (Å²) >= 11 is 3.37. The van der Waals surface area contributed by atoms with Crippen LogP contribution in [0.4, 0.5) is 0 Å². The van der Waals surface area contributed by atoms with E-state index in [9.17, 15) is 9.90 Å². The molecular weight excluding hydrogens is 318 g/mol. The fraction of sp³-hybridized carbons (Fsp3) is 0.562. The molecule has 0 aliphatic heterocycles. The van der Waals surface area contributed by atoms with Crippen molar-refractivity contribution in [2.45, 2.75) is 38.1 Å². The maximum absolute atomic E-state index is 12.2. The molecule has 0 heterocycles. The number of rotatable bonds is 7. The molecule has 1 aliphatic carbocycles. The minimum Gasteiger partial charge on any atom is -0.395 e. The maximum Gasteiger partial charge on any atom is 0.164 e. The average molecular weight is 340 g/mol. The number of hydrogen-bond acceptors (Lipinski definition) is 3. The van der Waals surface area contributed by atoms with Gasteiger partial charge < -0.3 is 5.11 Å². The van der Waals surface area contributed by atoms with Crippen LogP contribution in [0.3, 0.4) is 0 Å². The first-order valence-corrected chi connectivity index (χ1v) is 8.13. The van der Waals surface area contributed by atoms with Gasteiger partial charge in [0.05, 0.1) is 6.61 Å². The van der Waals surface area contributed by atoms with Crippen LogP contribution in [0, 0.1) is 0 Å². The lowest BCUT2D eigenvalue weighted by Crippen LogP contribution is -2.37. The predicted octanol–water partition coefficient (Wildman–Crippen LogP) is 3.26. The highest BCUT2D eigenvalue weighted by Crippen LogP contribution is 2.23. The van der Waals surface area contributed by atoms with Crippen LogP contribution in [0.15, 0.2) is 28.7 Å². The highest BCUT2D eigenvalue weighted by atomic mass is 79.9. The van der Waals surface area contributed by atoms with Gasteiger partial charge in [-0.05, 0) is 25.0 Å². The third-order valence-corrected chi connectivity index (χ3v) is 4.55. The van der Waals surface area contributed by atoms with Crippen molar-refractivity contribution in [1.82, 2.24) is 4.90 Å². The largest absolute Gasteiger partial charge is 0.395 e. The number of halogens is 1. The van der Waals surface area contributed by atoms with Crippen molar-refractivity contribution >= 4 is 21.7 Å². The normalized spacial score (nSPS) is 15.9. The van der Waals surface area contributed by atoms with Crippen molar-refractivity contribution in [2.24, 2.45) is 0 Å². The van der Waals surface area contributed by atoms with Gasteiger partial charge in [0.2, 0.25) is 0 Å². The number of aliphatic hydroxyl groups is 1. The third kappa shape index (κ3) is 4.40. The van der Waals surface area contributed by atoms with Crippen LogP contribution >= 0.6 is 15.9 Å². The van der Waals surface area contributed by atoms with Crippen LogP contribution < -0.4 is 0 Å². The summed E-state index contributed by atoms with van der Waals surface area (Å²) in [4.78, 5) is 14.5. The summed E-state index contributed by atoms with van der Waals surface area (Å²) in [5, 5.41) is 9.18. The summed E-state index contributed by atoms with van der Waals surface area (Å²) in [5.74, 6) is 0.179. The molecule has 20 heavy (non-hydrogen) atoms. The predicted molar refractivity (Wildman–Crippen MR) is 84.0 cm³/mol. The second-order valence-electron chi connectivity index (χ2n) is 5.38. The van der Waals surface area contributed by atoms with Crippen LogP contribution in [0.1, 0.15) is 42.5 Å². The fourth-order valence-corrected chi connectivity index (χ4v) is 3.16. The van der Waals surface area contributed by atoms with E-state index in [1.54, 1.807) is 0 Å². The molecule has 1 saturated carbocycles. The number of carbonyl (C=O) groups excluding carboxylic acids is 1. The Kier molecular flexibility index (Phi) is 6.20. The molecule has 0 atom stereocenters. The van der Waals surface area contributed by atoms with Gasteiger partial charge in [0.15, 0.2) is 5.78 Å². The monoisotopic (exact) mass is 339 g/mol. The lowest BCUT2D eigenvalue weighted by Gasteiger charge is -2.27. The van der Waals surface area contributed by atoms with E-state index in [1.165, 1.54) is 25.7 Å². The van der Waals surface area contributed by atoms with Gasteiger partial charge in [-0.3, -0.25) is 9.69 Å². The Morgan fingerprint density at radius 3 is 2.45 bits per heavy atom. The van der Waals surface area contributed by atoms with Crippen LogP contribution in [0.2, 0.25) is 0 Å². The Bertz CT molecular complexity index is 427. The Morgan fingerprint density at radius 2 is 1.85 bits per heavy atom. The van der Waals surface area contributed by atoms with E-state index in [1.807, 2.05) is 24.3 Å². The SMILES string of the molecule is O=C(CCN(CCO)C1CCCC1)c1ccc(Br)cc1. The highest BCUT2D eigenvalue weighted by molar-refractivity contribution is 9.10. The van der Waals surface area contributed by atoms with Crippen LogP contribution in [0.5, 0.6) is 0 Å². The second kappa shape index (κ2) is 7.91. The molecule has 1 aromatic carbocycles. The Labute approximate surface area is 129 Å². The maximum atomic E-state index is 12.2. The van der Waals surface area contributed by atoms with Gasteiger partial charge in [0, 0.05) is 35.6 Å². The van der Waals surface area contributed by atoms with Gasteiger partial charge >= 0.3 is 0 Å². The molecule has 1 N–H and O–H groups in total. The molecule has 2 rings (SSSR count). The Morgan fingerprint density at radius 1 is 1.20 bits per heavy atom. The molecule has 1 aromatic rings. The molecule has 1 fully saturated rings. The van der Waals surface area contributed by atoms with Crippen molar-refractivity contribution in [1.29, 1.82) is 0 Å². The molecule has 110 valence electrons. The summed E-state index contributed by atoms with van der Waals surface area (Å²) < 4.78 is 0.988. The van der Waals surface area contributed by atoms with E-state index in [0.717, 1.165) is 16.6 Å². The molecule has 4 heteroatoms. The summed E-state index contributed by atoms with van der Waals surface area (Å²) in [6, 6.07) is 8.07. The third-order valence-electron chi connectivity index (χ3n) is 4.02. The highest BCUT2D eigenvalue weighted by Gasteiger charge is 2.22. The van der Waals surface area contributed by atoms with Crippen molar-refractivity contribution < 1.29 is 9.90 Å². The van der Waals surface area contributed by atoms with E-state index < -0.39 is 0 Å². The number of ketones is 1. The molecule has 0 aromatic heterocycles. The first-order valence-electron chi connectivity index (χ1n) is 7.34. The number of Topliss-reactive ketones (excluding diaryl/α,β-unsaturated/α-hetero) is 1. The molecule has 0 bridgehead atoms. The Balaban J connectivity index is 1.87. The summed E-state index contributed by atoms with van der Waals surface area (Å²) in [7, 11) is 0. The number of nitrogens with zero attached hydrogens (tertiary/aromatic N) is 1. The number of benzene rings is 1. The summed E-state index contributed by atoms with van der Waals surface area (Å²) in [6.45, 7) is 1.60. The van der Waals surface area contributed by atoms with Gasteiger partial charge in [-0.15, -0.1) is 0 Å².